The van der Waals surface area contributed by atoms with Crippen LogP contribution in [-0.4, -0.2) is 6.67 Å². The summed E-state index contributed by atoms with van der Waals surface area (Å²) >= 11 is 0. The van der Waals surface area contributed by atoms with Gasteiger partial charge in [-0.05, 0) is 24.1 Å². The highest BCUT2D eigenvalue weighted by Gasteiger charge is 2.06. The molecule has 0 spiro atoms. The van der Waals surface area contributed by atoms with Crippen molar-refractivity contribution in [1.82, 2.24) is 0 Å². The zero-order valence-electron chi connectivity index (χ0n) is 7.26. The summed E-state index contributed by atoms with van der Waals surface area (Å²) in [6, 6.07) is 3.75. The van der Waals surface area contributed by atoms with Gasteiger partial charge in [0.15, 0.2) is 0 Å². The molecule has 1 nitrogen and oxygen atoms in total. The SMILES string of the molecule is Cc1cc([C@H](N)CF)ccc1F.Cl. The summed E-state index contributed by atoms with van der Waals surface area (Å²) in [4.78, 5) is 0. The number of halogens is 3. The number of nitrogens with two attached hydrogens (primary N) is 1. The lowest BCUT2D eigenvalue weighted by molar-refractivity contribution is 0.436. The van der Waals surface area contributed by atoms with E-state index in [9.17, 15) is 8.78 Å². The van der Waals surface area contributed by atoms with Gasteiger partial charge in [-0.25, -0.2) is 8.78 Å². The molecule has 0 heterocycles. The van der Waals surface area contributed by atoms with E-state index in [1.165, 1.54) is 12.1 Å². The van der Waals surface area contributed by atoms with Gasteiger partial charge in [-0.2, -0.15) is 0 Å². The Hall–Kier alpha value is -0.670. The summed E-state index contributed by atoms with van der Waals surface area (Å²) in [5.41, 5.74) is 6.55. The second-order valence-corrected chi connectivity index (χ2v) is 2.77. The molecule has 0 unspecified atom stereocenters. The molecule has 4 heteroatoms. The third-order valence-corrected chi connectivity index (χ3v) is 1.78. The average Bonchev–Trinajstić information content (AvgIpc) is 2.08. The smallest absolute Gasteiger partial charge is 0.126 e. The van der Waals surface area contributed by atoms with Crippen LogP contribution in [-0.2, 0) is 0 Å². The molecule has 1 aromatic rings. The second kappa shape index (κ2) is 5.14. The average molecular weight is 208 g/mol. The minimum atomic E-state index is -0.635. The Labute approximate surface area is 82.4 Å². The largest absolute Gasteiger partial charge is 0.322 e. The zero-order valence-corrected chi connectivity index (χ0v) is 8.07. The third kappa shape index (κ3) is 2.94. The molecular formula is C9H12ClF2N. The van der Waals surface area contributed by atoms with E-state index < -0.39 is 12.7 Å². The molecule has 0 saturated carbocycles. The van der Waals surface area contributed by atoms with E-state index in [4.69, 9.17) is 5.73 Å². The minimum Gasteiger partial charge on any atom is -0.322 e. The van der Waals surface area contributed by atoms with Gasteiger partial charge in [-0.15, -0.1) is 12.4 Å². The van der Waals surface area contributed by atoms with Crippen LogP contribution in [0.4, 0.5) is 8.78 Å². The second-order valence-electron chi connectivity index (χ2n) is 2.77. The fourth-order valence-electron chi connectivity index (χ4n) is 0.988. The Morgan fingerprint density at radius 1 is 1.46 bits per heavy atom. The molecular weight excluding hydrogens is 196 g/mol. The molecule has 0 amide bonds. The van der Waals surface area contributed by atoms with E-state index in [1.54, 1.807) is 13.0 Å². The van der Waals surface area contributed by atoms with Crippen LogP contribution < -0.4 is 5.73 Å². The molecule has 0 radical (unpaired) electrons. The molecule has 0 aliphatic carbocycles. The van der Waals surface area contributed by atoms with Gasteiger partial charge in [0, 0.05) is 0 Å². The molecule has 0 aliphatic heterocycles. The Balaban J connectivity index is 0.00000144. The maximum Gasteiger partial charge on any atom is 0.126 e. The van der Waals surface area contributed by atoms with E-state index in [1.807, 2.05) is 0 Å². The fraction of sp³-hybridized carbons (Fsp3) is 0.333. The van der Waals surface area contributed by atoms with Crippen LogP contribution in [0.5, 0.6) is 0 Å². The van der Waals surface area contributed by atoms with E-state index >= 15 is 0 Å². The fourth-order valence-corrected chi connectivity index (χ4v) is 0.988. The summed E-state index contributed by atoms with van der Waals surface area (Å²) in [6.45, 7) is 1.01. The van der Waals surface area contributed by atoms with Gasteiger partial charge in [0.2, 0.25) is 0 Å². The lowest BCUT2D eigenvalue weighted by Gasteiger charge is -2.07. The van der Waals surface area contributed by atoms with Gasteiger partial charge < -0.3 is 5.73 Å². The number of hydrogen-bond acceptors (Lipinski definition) is 1. The molecule has 74 valence electrons. The Kier molecular flexibility index (Phi) is 4.88. The molecule has 0 saturated heterocycles. The van der Waals surface area contributed by atoms with Crippen molar-refractivity contribution in [3.63, 3.8) is 0 Å². The van der Waals surface area contributed by atoms with Crippen LogP contribution in [0.25, 0.3) is 0 Å². The van der Waals surface area contributed by atoms with Gasteiger partial charge in [-0.3, -0.25) is 0 Å². The quantitative estimate of drug-likeness (QED) is 0.793. The van der Waals surface area contributed by atoms with E-state index in [0.717, 1.165) is 0 Å². The normalized spacial score (nSPS) is 12.0. The lowest BCUT2D eigenvalue weighted by atomic mass is 10.1. The van der Waals surface area contributed by atoms with Crippen LogP contribution in [0.1, 0.15) is 17.2 Å². The maximum atomic E-state index is 12.7. The molecule has 0 bridgehead atoms. The molecule has 2 N–H and O–H groups in total. The Morgan fingerprint density at radius 2 is 2.08 bits per heavy atom. The summed E-state index contributed by atoms with van der Waals surface area (Å²) in [7, 11) is 0. The monoisotopic (exact) mass is 207 g/mol. The molecule has 1 aromatic carbocycles. The maximum absolute atomic E-state index is 12.7. The van der Waals surface area contributed by atoms with Crippen molar-refractivity contribution in [2.24, 2.45) is 5.73 Å². The van der Waals surface area contributed by atoms with Crippen molar-refractivity contribution in [3.8, 4) is 0 Å². The van der Waals surface area contributed by atoms with Crippen LogP contribution in [0.2, 0.25) is 0 Å². The minimum absolute atomic E-state index is 0. The highest BCUT2D eigenvalue weighted by Crippen LogP contribution is 2.14. The molecule has 0 aliphatic rings. The van der Waals surface area contributed by atoms with Crippen molar-refractivity contribution < 1.29 is 8.78 Å². The first-order chi connectivity index (χ1) is 5.65. The Morgan fingerprint density at radius 3 is 2.54 bits per heavy atom. The standard InChI is InChI=1S/C9H11F2N.ClH/c1-6-4-7(9(12)5-10)2-3-8(6)11;/h2-4,9H,5,12H2,1H3;1H/t9-;/m1./s1. The predicted molar refractivity (Wildman–Crippen MR) is 51.3 cm³/mol. The van der Waals surface area contributed by atoms with Crippen molar-refractivity contribution >= 4 is 12.4 Å². The number of rotatable bonds is 2. The first-order valence-electron chi connectivity index (χ1n) is 3.72. The number of alkyl halides is 1. The first-order valence-corrected chi connectivity index (χ1v) is 3.72. The van der Waals surface area contributed by atoms with Crippen molar-refractivity contribution in [2.45, 2.75) is 13.0 Å². The first kappa shape index (κ1) is 12.3. The lowest BCUT2D eigenvalue weighted by Crippen LogP contribution is -2.12. The zero-order chi connectivity index (χ0) is 9.14. The molecule has 0 fully saturated rings. The number of benzene rings is 1. The van der Waals surface area contributed by atoms with Gasteiger partial charge >= 0.3 is 0 Å². The van der Waals surface area contributed by atoms with Crippen LogP contribution in [0.3, 0.4) is 0 Å². The summed E-state index contributed by atoms with van der Waals surface area (Å²) in [6.07, 6.45) is 0. The summed E-state index contributed by atoms with van der Waals surface area (Å²) < 4.78 is 24.8. The topological polar surface area (TPSA) is 26.0 Å². The van der Waals surface area contributed by atoms with Crippen LogP contribution >= 0.6 is 12.4 Å². The van der Waals surface area contributed by atoms with Gasteiger partial charge in [-0.1, -0.05) is 12.1 Å². The van der Waals surface area contributed by atoms with Crippen molar-refractivity contribution in [2.75, 3.05) is 6.67 Å². The van der Waals surface area contributed by atoms with E-state index in [0.29, 0.717) is 11.1 Å². The molecule has 1 rings (SSSR count). The summed E-state index contributed by atoms with van der Waals surface area (Å²) in [5.74, 6) is -0.287. The van der Waals surface area contributed by atoms with Crippen molar-refractivity contribution in [1.29, 1.82) is 0 Å². The third-order valence-electron chi connectivity index (χ3n) is 1.78. The van der Waals surface area contributed by atoms with Gasteiger partial charge in [0.1, 0.15) is 12.5 Å². The van der Waals surface area contributed by atoms with Crippen LogP contribution in [0, 0.1) is 12.7 Å². The summed E-state index contributed by atoms with van der Waals surface area (Å²) in [5, 5.41) is 0. The highest BCUT2D eigenvalue weighted by atomic mass is 35.5. The van der Waals surface area contributed by atoms with Crippen molar-refractivity contribution in [3.05, 3.63) is 35.1 Å². The van der Waals surface area contributed by atoms with E-state index in [2.05, 4.69) is 0 Å². The van der Waals surface area contributed by atoms with E-state index in [-0.39, 0.29) is 18.2 Å². The molecule has 1 atom stereocenters. The van der Waals surface area contributed by atoms with Gasteiger partial charge in [0.25, 0.3) is 0 Å². The van der Waals surface area contributed by atoms with Gasteiger partial charge in [0.05, 0.1) is 6.04 Å². The predicted octanol–water partition coefficient (Wildman–Crippen LogP) is 2.53. The highest BCUT2D eigenvalue weighted by molar-refractivity contribution is 5.85. The number of hydrogen-bond donors (Lipinski definition) is 1. The Bertz CT molecular complexity index is 278. The number of aryl methyl sites for hydroxylation is 1. The molecule has 13 heavy (non-hydrogen) atoms. The molecule has 0 aromatic heterocycles. The van der Waals surface area contributed by atoms with Crippen LogP contribution in [0.15, 0.2) is 18.2 Å².